The Morgan fingerprint density at radius 2 is 2.05 bits per heavy atom. The topological polar surface area (TPSA) is 143 Å². The Balaban J connectivity index is 2.26. The fraction of sp³-hybridized carbons (Fsp3) is 0.100. The van der Waals surface area contributed by atoms with Gasteiger partial charge in [-0.15, -0.1) is 5.10 Å². The number of fused-ring (bicyclic) bond motifs is 1. The van der Waals surface area contributed by atoms with E-state index in [9.17, 15) is 13.6 Å². The van der Waals surface area contributed by atoms with Gasteiger partial charge < -0.3 is 10.9 Å². The molecule has 0 aliphatic heterocycles. The van der Waals surface area contributed by atoms with E-state index in [4.69, 9.17) is 5.73 Å². The van der Waals surface area contributed by atoms with E-state index in [1.807, 2.05) is 0 Å². The number of aromatic nitrogens is 6. The van der Waals surface area contributed by atoms with Crippen LogP contribution in [0, 0.1) is 5.21 Å². The van der Waals surface area contributed by atoms with Gasteiger partial charge in [0.2, 0.25) is 21.6 Å². The molecule has 0 saturated heterocycles. The minimum absolute atomic E-state index is 0.0539. The molecule has 0 spiro atoms. The van der Waals surface area contributed by atoms with Crippen LogP contribution in [0.25, 0.3) is 17.3 Å². The van der Waals surface area contributed by atoms with E-state index in [0.717, 1.165) is 10.8 Å². The van der Waals surface area contributed by atoms with E-state index in [1.165, 1.54) is 12.3 Å². The molecule has 21 heavy (non-hydrogen) atoms. The van der Waals surface area contributed by atoms with E-state index in [0.29, 0.717) is 4.73 Å². The van der Waals surface area contributed by atoms with Crippen molar-refractivity contribution in [1.29, 1.82) is 0 Å². The molecule has 0 radical (unpaired) electrons. The predicted molar refractivity (Wildman–Crippen MR) is 70.5 cm³/mol. The number of sulfone groups is 1. The standard InChI is InChI=1S/C10H9N7O3S/c1-21(19,20)10-13-8(11)17-9(14-10)12-7(15-17)6-4-2-3-5-16(6)18/h2-5H,1H3,(H2,11,12,13,14,15). The van der Waals surface area contributed by atoms with Gasteiger partial charge in [-0.25, -0.2) is 8.42 Å². The Bertz CT molecular complexity index is 950. The maximum atomic E-state index is 11.7. The Kier molecular flexibility index (Phi) is 2.73. The normalized spacial score (nSPS) is 11.9. The van der Waals surface area contributed by atoms with Gasteiger partial charge in [0, 0.05) is 18.4 Å². The third-order valence-corrected chi connectivity index (χ3v) is 3.44. The molecule has 10 nitrogen and oxygen atoms in total. The van der Waals surface area contributed by atoms with Crippen molar-refractivity contribution in [3.63, 3.8) is 0 Å². The molecule has 2 N–H and O–H groups in total. The molecule has 0 aliphatic rings. The largest absolute Gasteiger partial charge is 0.618 e. The lowest BCUT2D eigenvalue weighted by atomic mass is 10.3. The molecule has 0 aromatic carbocycles. The number of nitrogens with two attached hydrogens (primary N) is 1. The van der Waals surface area contributed by atoms with Crippen LogP contribution in [0.1, 0.15) is 0 Å². The van der Waals surface area contributed by atoms with Gasteiger partial charge in [0.25, 0.3) is 16.6 Å². The molecule has 0 aliphatic carbocycles. The molecule has 0 fully saturated rings. The average molecular weight is 307 g/mol. The highest BCUT2D eigenvalue weighted by molar-refractivity contribution is 7.90. The number of rotatable bonds is 2. The molecular weight excluding hydrogens is 298 g/mol. The smallest absolute Gasteiger partial charge is 0.263 e. The Hall–Kier alpha value is -2.82. The van der Waals surface area contributed by atoms with Crippen LogP contribution in [0.2, 0.25) is 0 Å². The van der Waals surface area contributed by atoms with Crippen molar-refractivity contribution in [2.45, 2.75) is 5.16 Å². The summed E-state index contributed by atoms with van der Waals surface area (Å²) in [5, 5.41) is 15.2. The van der Waals surface area contributed by atoms with Crippen LogP contribution in [0.3, 0.4) is 0 Å². The van der Waals surface area contributed by atoms with Crippen molar-refractivity contribution in [2.24, 2.45) is 0 Å². The summed E-state index contributed by atoms with van der Waals surface area (Å²) < 4.78 is 24.6. The number of nitrogens with zero attached hydrogens (tertiary/aromatic N) is 6. The highest BCUT2D eigenvalue weighted by Gasteiger charge is 2.20. The first-order valence-electron chi connectivity index (χ1n) is 5.65. The maximum absolute atomic E-state index is 11.7. The van der Waals surface area contributed by atoms with Gasteiger partial charge in [-0.2, -0.15) is 24.2 Å². The maximum Gasteiger partial charge on any atom is 0.263 e. The summed E-state index contributed by atoms with van der Waals surface area (Å²) in [7, 11) is -3.63. The first-order valence-corrected chi connectivity index (χ1v) is 7.54. The molecule has 0 unspecified atom stereocenters. The quantitative estimate of drug-likeness (QED) is 0.459. The zero-order valence-corrected chi connectivity index (χ0v) is 11.5. The van der Waals surface area contributed by atoms with Gasteiger partial charge in [-0.3, -0.25) is 0 Å². The van der Waals surface area contributed by atoms with Gasteiger partial charge in [0.05, 0.1) is 0 Å². The van der Waals surface area contributed by atoms with Crippen molar-refractivity contribution >= 4 is 21.6 Å². The molecule has 3 aromatic rings. The second-order valence-electron chi connectivity index (χ2n) is 4.20. The number of hydrogen-bond donors (Lipinski definition) is 1. The second-order valence-corrected chi connectivity index (χ2v) is 6.10. The summed E-state index contributed by atoms with van der Waals surface area (Å²) in [6.07, 6.45) is 2.25. The van der Waals surface area contributed by atoms with Gasteiger partial charge in [-0.05, 0) is 6.07 Å². The lowest BCUT2D eigenvalue weighted by Gasteiger charge is -1.99. The van der Waals surface area contributed by atoms with E-state index >= 15 is 0 Å². The van der Waals surface area contributed by atoms with Gasteiger partial charge in [-0.1, -0.05) is 0 Å². The van der Waals surface area contributed by atoms with E-state index in [1.54, 1.807) is 12.1 Å². The fourth-order valence-corrected chi connectivity index (χ4v) is 2.17. The third kappa shape index (κ3) is 2.23. The van der Waals surface area contributed by atoms with Crippen LogP contribution in [-0.4, -0.2) is 39.2 Å². The molecule has 0 amide bonds. The van der Waals surface area contributed by atoms with Crippen molar-refractivity contribution in [3.05, 3.63) is 29.6 Å². The Morgan fingerprint density at radius 3 is 2.71 bits per heavy atom. The molecule has 3 rings (SSSR count). The lowest BCUT2D eigenvalue weighted by Crippen LogP contribution is -2.28. The van der Waals surface area contributed by atoms with Crippen LogP contribution in [-0.2, 0) is 9.84 Å². The molecule has 0 atom stereocenters. The summed E-state index contributed by atoms with van der Waals surface area (Å²) in [4.78, 5) is 11.5. The molecule has 11 heteroatoms. The van der Waals surface area contributed by atoms with Crippen molar-refractivity contribution in [1.82, 2.24) is 24.6 Å². The second kappa shape index (κ2) is 4.34. The molecular formula is C10H9N7O3S. The summed E-state index contributed by atoms with van der Waals surface area (Å²) in [5.74, 6) is -0.174. The van der Waals surface area contributed by atoms with E-state index in [2.05, 4.69) is 20.1 Å². The molecule has 3 aromatic heterocycles. The summed E-state index contributed by atoms with van der Waals surface area (Å²) >= 11 is 0. The Labute approximate surface area is 118 Å². The average Bonchev–Trinajstić information content (AvgIpc) is 2.82. The highest BCUT2D eigenvalue weighted by atomic mass is 32.2. The molecule has 3 heterocycles. The van der Waals surface area contributed by atoms with Crippen molar-refractivity contribution in [2.75, 3.05) is 12.0 Å². The zero-order valence-electron chi connectivity index (χ0n) is 10.7. The highest BCUT2D eigenvalue weighted by Crippen LogP contribution is 2.14. The number of pyridine rings is 1. The van der Waals surface area contributed by atoms with E-state index < -0.39 is 15.0 Å². The van der Waals surface area contributed by atoms with Gasteiger partial charge in [0.1, 0.15) is 0 Å². The van der Waals surface area contributed by atoms with Crippen LogP contribution in [0.15, 0.2) is 29.6 Å². The first-order chi connectivity index (χ1) is 9.86. The minimum Gasteiger partial charge on any atom is -0.618 e. The molecule has 0 bridgehead atoms. The van der Waals surface area contributed by atoms with Crippen molar-refractivity contribution < 1.29 is 13.1 Å². The van der Waals surface area contributed by atoms with Crippen LogP contribution in [0.4, 0.5) is 5.95 Å². The third-order valence-electron chi connectivity index (χ3n) is 2.60. The van der Waals surface area contributed by atoms with Crippen molar-refractivity contribution in [3.8, 4) is 11.5 Å². The SMILES string of the molecule is CS(=O)(=O)c1nc(N)n2nc(-c3cccc[n+]3[O-])nc2n1. The minimum atomic E-state index is -3.63. The number of hydrogen-bond acceptors (Lipinski definition) is 8. The van der Waals surface area contributed by atoms with E-state index in [-0.39, 0.29) is 23.2 Å². The molecule has 0 saturated carbocycles. The Morgan fingerprint density at radius 1 is 1.29 bits per heavy atom. The van der Waals surface area contributed by atoms with Crippen LogP contribution >= 0.6 is 0 Å². The zero-order chi connectivity index (χ0) is 15.2. The lowest BCUT2D eigenvalue weighted by molar-refractivity contribution is -0.594. The number of nitrogen functional groups attached to an aromatic ring is 1. The number of anilines is 1. The monoisotopic (exact) mass is 307 g/mol. The summed E-state index contributed by atoms with van der Waals surface area (Å²) in [5.41, 5.74) is 5.83. The fourth-order valence-electron chi connectivity index (χ4n) is 1.66. The van der Waals surface area contributed by atoms with Crippen LogP contribution in [0.5, 0.6) is 0 Å². The summed E-state index contributed by atoms with van der Waals surface area (Å²) in [6.45, 7) is 0. The summed E-state index contributed by atoms with van der Waals surface area (Å²) in [6, 6.07) is 4.72. The van der Waals surface area contributed by atoms with Gasteiger partial charge >= 0.3 is 0 Å². The first kappa shape index (κ1) is 13.2. The molecule has 108 valence electrons. The van der Waals surface area contributed by atoms with Gasteiger partial charge in [0.15, 0.2) is 6.20 Å². The predicted octanol–water partition coefficient (Wildman–Crippen LogP) is -1.19. The van der Waals surface area contributed by atoms with Crippen LogP contribution < -0.4 is 10.5 Å².